The summed E-state index contributed by atoms with van der Waals surface area (Å²) >= 11 is 1.51. The van der Waals surface area contributed by atoms with Gasteiger partial charge >= 0.3 is 0 Å². The molecule has 1 aromatic carbocycles. The lowest BCUT2D eigenvalue weighted by Gasteiger charge is -2.38. The third-order valence-corrected chi connectivity index (χ3v) is 5.94. The van der Waals surface area contributed by atoms with Gasteiger partial charge in [-0.05, 0) is 61.1 Å². The number of ether oxygens (including phenoxy) is 1. The zero-order valence-electron chi connectivity index (χ0n) is 13.6. The van der Waals surface area contributed by atoms with E-state index in [0.29, 0.717) is 0 Å². The van der Waals surface area contributed by atoms with Gasteiger partial charge in [0.15, 0.2) is 0 Å². The van der Waals surface area contributed by atoms with Crippen LogP contribution in [0.15, 0.2) is 30.3 Å². The van der Waals surface area contributed by atoms with Gasteiger partial charge < -0.3 is 15.2 Å². The number of aryl methyl sites for hydroxylation is 1. The van der Waals surface area contributed by atoms with Gasteiger partial charge in [-0.15, -0.1) is 11.3 Å². The fourth-order valence-electron chi connectivity index (χ4n) is 3.54. The van der Waals surface area contributed by atoms with Crippen molar-refractivity contribution < 1.29 is 14.6 Å². The molecule has 126 valence electrons. The highest BCUT2D eigenvalue weighted by Gasteiger charge is 2.36. The zero-order chi connectivity index (χ0) is 16.7. The van der Waals surface area contributed by atoms with Crippen LogP contribution in [0.3, 0.4) is 0 Å². The third-order valence-electron chi connectivity index (χ3n) is 4.94. The maximum Gasteiger partial charge on any atom is 0.261 e. The Balaban J connectivity index is 1.58. The SMILES string of the molecule is Cc1ccc(C(=O)N[C@@H](c2ccc3c(c2)CCO3)C2CC(O)C2)s1. The first-order chi connectivity index (χ1) is 11.6. The van der Waals surface area contributed by atoms with Crippen LogP contribution in [0.5, 0.6) is 5.75 Å². The largest absolute Gasteiger partial charge is 0.493 e. The van der Waals surface area contributed by atoms with Gasteiger partial charge in [-0.1, -0.05) is 6.07 Å². The van der Waals surface area contributed by atoms with Gasteiger partial charge in [0.2, 0.25) is 0 Å². The third kappa shape index (κ3) is 2.94. The van der Waals surface area contributed by atoms with E-state index in [4.69, 9.17) is 4.74 Å². The summed E-state index contributed by atoms with van der Waals surface area (Å²) in [6.07, 6.45) is 2.15. The number of benzene rings is 1. The molecule has 1 amide bonds. The molecule has 0 radical (unpaired) electrons. The van der Waals surface area contributed by atoms with Crippen molar-refractivity contribution in [2.24, 2.45) is 5.92 Å². The Hall–Kier alpha value is -1.85. The highest BCUT2D eigenvalue weighted by Crippen LogP contribution is 2.40. The monoisotopic (exact) mass is 343 g/mol. The van der Waals surface area contributed by atoms with Crippen molar-refractivity contribution in [3.63, 3.8) is 0 Å². The standard InChI is InChI=1S/C19H21NO3S/c1-11-2-5-17(24-11)19(22)20-18(14-9-15(21)10-14)13-3-4-16-12(8-13)6-7-23-16/h2-5,8,14-15,18,21H,6-7,9-10H2,1H3,(H,20,22)/t14?,15?,18-/m0/s1. The number of aliphatic hydroxyl groups excluding tert-OH is 1. The van der Waals surface area contributed by atoms with Crippen LogP contribution < -0.4 is 10.1 Å². The maximum atomic E-state index is 12.6. The smallest absolute Gasteiger partial charge is 0.261 e. The summed E-state index contributed by atoms with van der Waals surface area (Å²) in [5.41, 5.74) is 2.32. The lowest BCUT2D eigenvalue weighted by atomic mass is 9.75. The lowest BCUT2D eigenvalue weighted by molar-refractivity contribution is 0.0235. The number of thiophene rings is 1. The second kappa shape index (κ2) is 6.22. The average molecular weight is 343 g/mol. The van der Waals surface area contributed by atoms with E-state index in [-0.39, 0.29) is 24.0 Å². The van der Waals surface area contributed by atoms with E-state index in [0.717, 1.165) is 46.9 Å². The van der Waals surface area contributed by atoms with E-state index in [1.165, 1.54) is 16.9 Å². The number of hydrogen-bond donors (Lipinski definition) is 2. The molecule has 5 heteroatoms. The first-order valence-electron chi connectivity index (χ1n) is 8.41. The van der Waals surface area contributed by atoms with Gasteiger partial charge in [0, 0.05) is 11.3 Å². The Morgan fingerprint density at radius 3 is 2.88 bits per heavy atom. The van der Waals surface area contributed by atoms with E-state index < -0.39 is 0 Å². The minimum atomic E-state index is -0.240. The molecule has 24 heavy (non-hydrogen) atoms. The fourth-order valence-corrected chi connectivity index (χ4v) is 4.31. The predicted molar refractivity (Wildman–Crippen MR) is 93.6 cm³/mol. The van der Waals surface area contributed by atoms with Gasteiger partial charge in [-0.2, -0.15) is 0 Å². The Bertz CT molecular complexity index is 764. The normalized spacial score (nSPS) is 23.1. The Morgan fingerprint density at radius 2 is 2.17 bits per heavy atom. The molecule has 4 rings (SSSR count). The second-order valence-corrected chi connectivity index (χ2v) is 8.00. The van der Waals surface area contributed by atoms with E-state index in [9.17, 15) is 9.90 Å². The van der Waals surface area contributed by atoms with E-state index in [2.05, 4.69) is 11.4 Å². The van der Waals surface area contributed by atoms with Crippen LogP contribution in [-0.2, 0) is 6.42 Å². The molecular weight excluding hydrogens is 322 g/mol. The number of amides is 1. The number of carbonyl (C=O) groups is 1. The van der Waals surface area contributed by atoms with Gasteiger partial charge in [0.05, 0.1) is 23.6 Å². The van der Waals surface area contributed by atoms with E-state index >= 15 is 0 Å². The molecule has 1 aromatic heterocycles. The lowest BCUT2D eigenvalue weighted by Crippen LogP contribution is -2.41. The van der Waals surface area contributed by atoms with E-state index in [1.807, 2.05) is 31.2 Å². The molecule has 2 heterocycles. The van der Waals surface area contributed by atoms with Crippen LogP contribution in [0.25, 0.3) is 0 Å². The summed E-state index contributed by atoms with van der Waals surface area (Å²) in [5.74, 6) is 1.20. The molecular formula is C19H21NO3S. The first kappa shape index (κ1) is 15.7. The van der Waals surface area contributed by atoms with Crippen molar-refractivity contribution >= 4 is 17.2 Å². The molecule has 2 aromatic rings. The molecule has 0 bridgehead atoms. The van der Waals surface area contributed by atoms with E-state index in [1.54, 1.807) is 0 Å². The molecule has 1 atom stereocenters. The minimum absolute atomic E-state index is 0.0313. The number of rotatable bonds is 4. The Kier molecular flexibility index (Phi) is 4.06. The fraction of sp³-hybridized carbons (Fsp3) is 0.421. The molecule has 1 aliphatic heterocycles. The molecule has 0 unspecified atom stereocenters. The Morgan fingerprint density at radius 1 is 1.33 bits per heavy atom. The van der Waals surface area contributed by atoms with Crippen molar-refractivity contribution in [3.05, 3.63) is 51.2 Å². The van der Waals surface area contributed by atoms with Crippen LogP contribution in [0.2, 0.25) is 0 Å². The molecule has 2 N–H and O–H groups in total. The van der Waals surface area contributed by atoms with Gasteiger partial charge in [0.25, 0.3) is 5.91 Å². The Labute approximate surface area is 145 Å². The highest BCUT2D eigenvalue weighted by molar-refractivity contribution is 7.13. The van der Waals surface area contributed by atoms with Crippen molar-refractivity contribution in [2.75, 3.05) is 6.61 Å². The van der Waals surface area contributed by atoms with Crippen molar-refractivity contribution in [1.29, 1.82) is 0 Å². The highest BCUT2D eigenvalue weighted by atomic mass is 32.1. The maximum absolute atomic E-state index is 12.6. The number of nitrogens with one attached hydrogen (secondary N) is 1. The summed E-state index contributed by atoms with van der Waals surface area (Å²) in [6, 6.07) is 9.97. The number of carbonyl (C=O) groups excluding carboxylic acids is 1. The minimum Gasteiger partial charge on any atom is -0.493 e. The number of hydrogen-bond acceptors (Lipinski definition) is 4. The molecule has 1 fully saturated rings. The number of aliphatic hydroxyl groups is 1. The van der Waals surface area contributed by atoms with Gasteiger partial charge in [-0.3, -0.25) is 4.79 Å². The summed E-state index contributed by atoms with van der Waals surface area (Å²) in [5, 5.41) is 12.9. The molecule has 1 saturated carbocycles. The summed E-state index contributed by atoms with van der Waals surface area (Å²) in [6.45, 7) is 2.73. The van der Waals surface area contributed by atoms with Crippen molar-refractivity contribution in [1.82, 2.24) is 5.32 Å². The summed E-state index contributed by atoms with van der Waals surface area (Å²) in [4.78, 5) is 14.5. The van der Waals surface area contributed by atoms with Gasteiger partial charge in [-0.25, -0.2) is 0 Å². The van der Waals surface area contributed by atoms with Crippen LogP contribution in [0, 0.1) is 12.8 Å². The van der Waals surface area contributed by atoms with Crippen LogP contribution in [0.1, 0.15) is 44.6 Å². The topological polar surface area (TPSA) is 58.6 Å². The van der Waals surface area contributed by atoms with Crippen molar-refractivity contribution in [3.8, 4) is 5.75 Å². The van der Waals surface area contributed by atoms with Crippen LogP contribution >= 0.6 is 11.3 Å². The van der Waals surface area contributed by atoms with Crippen LogP contribution in [0.4, 0.5) is 0 Å². The van der Waals surface area contributed by atoms with Crippen molar-refractivity contribution in [2.45, 2.75) is 38.3 Å². The predicted octanol–water partition coefficient (Wildman–Crippen LogP) is 3.23. The second-order valence-electron chi connectivity index (χ2n) is 6.71. The molecule has 4 nitrogen and oxygen atoms in total. The molecule has 0 spiro atoms. The van der Waals surface area contributed by atoms with Crippen LogP contribution in [-0.4, -0.2) is 23.7 Å². The molecule has 0 saturated heterocycles. The molecule has 2 aliphatic rings. The quantitative estimate of drug-likeness (QED) is 0.896. The number of fused-ring (bicyclic) bond motifs is 1. The summed E-state index contributed by atoms with van der Waals surface area (Å²) < 4.78 is 5.58. The zero-order valence-corrected chi connectivity index (χ0v) is 14.4. The summed E-state index contributed by atoms with van der Waals surface area (Å²) in [7, 11) is 0. The van der Waals surface area contributed by atoms with Gasteiger partial charge in [0.1, 0.15) is 5.75 Å². The first-order valence-corrected chi connectivity index (χ1v) is 9.23. The average Bonchev–Trinajstić information content (AvgIpc) is 3.17. The molecule has 1 aliphatic carbocycles.